The average Bonchev–Trinajstić information content (AvgIpc) is 3.58. The van der Waals surface area contributed by atoms with E-state index in [1.165, 1.54) is 46.1 Å². The lowest BCUT2D eigenvalue weighted by Crippen LogP contribution is -2.41. The molecule has 2 fully saturated rings. The van der Waals surface area contributed by atoms with Gasteiger partial charge in [-0.2, -0.15) is 13.2 Å². The lowest BCUT2D eigenvalue weighted by Gasteiger charge is -2.28. The maximum Gasteiger partial charge on any atom is 0.407 e. The molecule has 1 unspecified atom stereocenters. The lowest BCUT2D eigenvalue weighted by molar-refractivity contribution is -0.190. The van der Waals surface area contributed by atoms with E-state index in [2.05, 4.69) is 15.1 Å². The van der Waals surface area contributed by atoms with E-state index in [-0.39, 0.29) is 58.7 Å². The van der Waals surface area contributed by atoms with Crippen molar-refractivity contribution in [2.24, 2.45) is 11.3 Å². The number of carboxylic acid groups (broad SMARTS) is 1. The first-order valence-electron chi connectivity index (χ1n) is 16.1. The third kappa shape index (κ3) is 8.42. The Balaban J connectivity index is 1.10. The van der Waals surface area contributed by atoms with Crippen LogP contribution in [0.5, 0.6) is 5.88 Å². The third-order valence-corrected chi connectivity index (χ3v) is 11.0. The van der Waals surface area contributed by atoms with Gasteiger partial charge in [0, 0.05) is 44.1 Å². The Morgan fingerprint density at radius 3 is 2.50 bits per heavy atom. The number of alkyl halides is 3. The number of hydrogen-bond donors (Lipinski definition) is 2. The highest BCUT2D eigenvalue weighted by Gasteiger charge is 2.62. The molecule has 1 saturated carbocycles. The van der Waals surface area contributed by atoms with Gasteiger partial charge in [-0.15, -0.1) is 5.10 Å². The number of nitrogens with one attached hydrogen (secondary N) is 1. The summed E-state index contributed by atoms with van der Waals surface area (Å²) in [6, 6.07) is 6.96. The molecule has 13 nitrogen and oxygen atoms in total. The molecule has 0 spiro atoms. The Morgan fingerprint density at radius 2 is 1.90 bits per heavy atom. The van der Waals surface area contributed by atoms with Crippen LogP contribution in [0.3, 0.4) is 0 Å². The number of pyridine rings is 2. The van der Waals surface area contributed by atoms with Crippen molar-refractivity contribution in [3.63, 3.8) is 0 Å². The van der Waals surface area contributed by atoms with Gasteiger partial charge in [-0.05, 0) is 82.6 Å². The van der Waals surface area contributed by atoms with Crippen LogP contribution in [0.15, 0.2) is 47.6 Å². The summed E-state index contributed by atoms with van der Waals surface area (Å²) in [5, 5.41) is 13.3. The number of carbonyl (C=O) groups excluding carboxylic acids is 1. The average molecular weight is 742 g/mol. The Kier molecular flexibility index (Phi) is 10.6. The number of aromatic nitrogens is 4. The van der Waals surface area contributed by atoms with Crippen LogP contribution in [0.25, 0.3) is 5.82 Å². The number of likely N-dealkylation sites (tertiary alicyclic amines) is 1. The number of carbonyl (C=O) groups is 2. The van der Waals surface area contributed by atoms with Gasteiger partial charge in [0.1, 0.15) is 15.9 Å². The molecule has 18 heteroatoms. The zero-order chi connectivity index (χ0) is 36.5. The molecule has 2 amide bonds. The number of hydrogen-bond acceptors (Lipinski definition) is 9. The highest BCUT2D eigenvalue weighted by Crippen LogP contribution is 2.59. The first-order chi connectivity index (χ1) is 23.4. The van der Waals surface area contributed by atoms with Crippen molar-refractivity contribution in [3.8, 4) is 11.7 Å². The molecule has 0 aromatic carbocycles. The molecule has 1 atom stereocenters. The summed E-state index contributed by atoms with van der Waals surface area (Å²) in [6.45, 7) is 4.91. The number of ether oxygens (including phenoxy) is 1. The Bertz CT molecular complexity index is 1820. The molecule has 1 aliphatic heterocycles. The molecule has 1 aliphatic carbocycles. The fourth-order valence-corrected chi connectivity index (χ4v) is 7.36. The van der Waals surface area contributed by atoms with Crippen LogP contribution in [0.1, 0.15) is 69.2 Å². The van der Waals surface area contributed by atoms with E-state index < -0.39 is 33.6 Å². The molecule has 1 saturated heterocycles. The fraction of sp³-hybridized carbons (Fsp3) is 0.531. The summed E-state index contributed by atoms with van der Waals surface area (Å²) >= 11 is 6.23. The molecule has 0 radical (unpaired) electrons. The van der Waals surface area contributed by atoms with Crippen LogP contribution >= 0.6 is 11.6 Å². The van der Waals surface area contributed by atoms with Gasteiger partial charge in [0.25, 0.3) is 15.9 Å². The minimum Gasteiger partial charge on any atom is -0.477 e. The van der Waals surface area contributed by atoms with E-state index in [9.17, 15) is 36.3 Å². The van der Waals surface area contributed by atoms with Gasteiger partial charge in [-0.3, -0.25) is 4.79 Å². The van der Waals surface area contributed by atoms with Crippen molar-refractivity contribution in [1.82, 2.24) is 29.4 Å². The van der Waals surface area contributed by atoms with Gasteiger partial charge in [-0.1, -0.05) is 18.0 Å². The van der Waals surface area contributed by atoms with E-state index in [1.807, 2.05) is 30.5 Å². The predicted molar refractivity (Wildman–Crippen MR) is 177 cm³/mol. The van der Waals surface area contributed by atoms with Crippen molar-refractivity contribution in [2.75, 3.05) is 31.6 Å². The Hall–Kier alpha value is -4.12. The van der Waals surface area contributed by atoms with Gasteiger partial charge in [0.2, 0.25) is 5.88 Å². The summed E-state index contributed by atoms with van der Waals surface area (Å²) in [7, 11) is -2.48. The number of rotatable bonds is 14. The second kappa shape index (κ2) is 14.2. The molecule has 2 aliphatic rings. The summed E-state index contributed by atoms with van der Waals surface area (Å²) < 4.78 is 74.0. The molecule has 272 valence electrons. The summed E-state index contributed by atoms with van der Waals surface area (Å²) in [5.41, 5.74) is -2.27. The van der Waals surface area contributed by atoms with E-state index in [1.54, 1.807) is 0 Å². The molecule has 5 rings (SSSR count). The summed E-state index contributed by atoms with van der Waals surface area (Å²) in [5.74, 6) is 0.0724. The van der Waals surface area contributed by atoms with Gasteiger partial charge >= 0.3 is 12.3 Å². The quantitative estimate of drug-likeness (QED) is 0.150. The smallest absolute Gasteiger partial charge is 0.407 e. The van der Waals surface area contributed by atoms with Crippen LogP contribution in [0, 0.1) is 11.3 Å². The van der Waals surface area contributed by atoms with Gasteiger partial charge in [-0.25, -0.2) is 32.6 Å². The molecule has 0 bridgehead atoms. The zero-order valence-electron chi connectivity index (χ0n) is 27.8. The number of nitrogens with zero attached hydrogens (tertiary/aromatic N) is 6. The molecule has 50 heavy (non-hydrogen) atoms. The number of anilines is 1. The van der Waals surface area contributed by atoms with Crippen molar-refractivity contribution < 1.29 is 41.0 Å². The van der Waals surface area contributed by atoms with Crippen molar-refractivity contribution in [3.05, 3.63) is 53.4 Å². The van der Waals surface area contributed by atoms with Gasteiger partial charge in [0.05, 0.1) is 17.6 Å². The van der Waals surface area contributed by atoms with E-state index in [0.29, 0.717) is 24.8 Å². The van der Waals surface area contributed by atoms with Crippen LogP contribution in [0.4, 0.5) is 23.8 Å². The number of sulfonamides is 1. The lowest BCUT2D eigenvalue weighted by atomic mass is 9.93. The van der Waals surface area contributed by atoms with Crippen molar-refractivity contribution in [2.45, 2.75) is 75.4 Å². The SMILES string of the molecule is CN(CCCCC1CN(C(=O)O)C(C)(C)C1)c1ccc(S(=O)(=O)NC(=O)c2ccc(-n3ccc(OCCC4(C(F)(F)F)CC4)n3)nc2Cl)cn1. The third-order valence-electron chi connectivity index (χ3n) is 9.36. The standard InChI is InChI=1S/C32H39ClF3N7O6S/c1-30(2)18-21(20-42(30)29(45)46)6-4-5-15-41(3)24-9-7-22(19-37-24)50(47,48)40-28(44)23-8-10-25(38-27(23)33)43-16-11-26(39-43)49-17-14-31(12-13-31)32(34,35)36/h7-11,16,19,21H,4-6,12-15,17-18,20H2,1-3H3,(H,40,44)(H,45,46). The molecule has 3 aromatic heterocycles. The minimum atomic E-state index is -4.32. The molecule has 3 aromatic rings. The number of unbranched alkanes of at least 4 members (excludes halogenated alkanes) is 1. The maximum atomic E-state index is 13.1. The maximum absolute atomic E-state index is 13.1. The van der Waals surface area contributed by atoms with Crippen molar-refractivity contribution >= 4 is 39.4 Å². The summed E-state index contributed by atoms with van der Waals surface area (Å²) in [4.78, 5) is 35.9. The van der Waals surface area contributed by atoms with Gasteiger partial charge < -0.3 is 19.6 Å². The molecular weight excluding hydrogens is 703 g/mol. The van der Waals surface area contributed by atoms with Gasteiger partial charge in [0.15, 0.2) is 5.82 Å². The van der Waals surface area contributed by atoms with Crippen LogP contribution in [-0.4, -0.2) is 88.6 Å². The second-order valence-corrected chi connectivity index (χ2v) is 15.5. The molecule has 2 N–H and O–H groups in total. The van der Waals surface area contributed by atoms with Crippen molar-refractivity contribution in [1.29, 1.82) is 0 Å². The molecule has 4 heterocycles. The van der Waals surface area contributed by atoms with Crippen LogP contribution in [0.2, 0.25) is 5.15 Å². The topological polar surface area (TPSA) is 160 Å². The van der Waals surface area contributed by atoms with E-state index in [0.717, 1.165) is 31.9 Å². The fourth-order valence-electron chi connectivity index (χ4n) is 6.22. The molecular formula is C32H39ClF3N7O6S. The zero-order valence-corrected chi connectivity index (χ0v) is 29.4. The van der Waals surface area contributed by atoms with E-state index >= 15 is 0 Å². The minimum absolute atomic E-state index is 0.0823. The number of halogens is 4. The highest BCUT2D eigenvalue weighted by atomic mass is 35.5. The highest BCUT2D eigenvalue weighted by molar-refractivity contribution is 7.90. The first kappa shape index (κ1) is 37.1. The normalized spacial score (nSPS) is 18.1. The van der Waals surface area contributed by atoms with E-state index in [4.69, 9.17) is 16.3 Å². The Morgan fingerprint density at radius 1 is 1.16 bits per heavy atom. The largest absolute Gasteiger partial charge is 0.477 e. The second-order valence-electron chi connectivity index (χ2n) is 13.5. The van der Waals surface area contributed by atoms with Crippen LogP contribution < -0.4 is 14.4 Å². The monoisotopic (exact) mass is 741 g/mol. The van der Waals surface area contributed by atoms with Crippen LogP contribution in [-0.2, 0) is 10.0 Å². The number of amides is 2. The predicted octanol–water partition coefficient (Wildman–Crippen LogP) is 5.93. The summed E-state index contributed by atoms with van der Waals surface area (Å²) in [6.07, 6.45) is 0.906. The Labute approximate surface area is 292 Å². The first-order valence-corrected chi connectivity index (χ1v) is 17.9.